The Hall–Kier alpha value is -3.80. The van der Waals surface area contributed by atoms with Gasteiger partial charge in [-0.3, -0.25) is 14.9 Å². The molecule has 0 aliphatic carbocycles. The highest BCUT2D eigenvalue weighted by molar-refractivity contribution is 6.50. The minimum absolute atomic E-state index is 0.358. The summed E-state index contributed by atoms with van der Waals surface area (Å²) in [4.78, 5) is 34.0. The number of aromatic amines is 1. The minimum Gasteiger partial charge on any atom is -0.417 e. The van der Waals surface area contributed by atoms with Crippen molar-refractivity contribution in [3.8, 4) is 0 Å². The normalized spacial score (nSPS) is 14.4. The number of imide groups is 1. The van der Waals surface area contributed by atoms with Crippen LogP contribution in [0.5, 0.6) is 0 Å². The topological polar surface area (TPSA) is 76.1 Å². The maximum atomic E-state index is 12.7. The van der Waals surface area contributed by atoms with Crippen molar-refractivity contribution < 1.29 is 14.4 Å². The Balaban J connectivity index is 1.86. The third kappa shape index (κ3) is 2.13. The molecule has 6 nitrogen and oxygen atoms in total. The van der Waals surface area contributed by atoms with Crippen LogP contribution in [0.4, 0.5) is 0 Å². The largest absolute Gasteiger partial charge is 0.417 e. The van der Waals surface area contributed by atoms with E-state index in [1.54, 1.807) is 24.2 Å². The molecule has 2 aromatic carbocycles. The molecule has 2 aromatic heterocycles. The number of para-hydroxylation sites is 2. The number of aromatic nitrogens is 2. The summed E-state index contributed by atoms with van der Waals surface area (Å²) in [6.45, 7) is 0. The number of nitrogens with one attached hydrogen (secondary N) is 2. The van der Waals surface area contributed by atoms with Gasteiger partial charge in [-0.1, -0.05) is 36.4 Å². The maximum absolute atomic E-state index is 12.7. The Kier molecular flexibility index (Phi) is 3.21. The monoisotopic (exact) mass is 357 g/mol. The molecule has 1 aliphatic rings. The minimum atomic E-state index is -0.403. The van der Waals surface area contributed by atoms with Gasteiger partial charge in [0, 0.05) is 33.6 Å². The number of benzene rings is 2. The second-order valence-electron chi connectivity index (χ2n) is 6.35. The molecule has 0 bridgehead atoms. The highest BCUT2D eigenvalue weighted by Crippen LogP contribution is 2.37. The van der Waals surface area contributed by atoms with Gasteiger partial charge >= 0.3 is 0 Å². The lowest BCUT2D eigenvalue weighted by molar-refractivity contribution is -0.122. The molecular weight excluding hydrogens is 342 g/mol. The molecule has 27 heavy (non-hydrogen) atoms. The molecule has 3 heterocycles. The Labute approximate surface area is 154 Å². The first kappa shape index (κ1) is 15.5. The van der Waals surface area contributed by atoms with Gasteiger partial charge in [0.05, 0.1) is 22.9 Å². The first-order valence-corrected chi connectivity index (χ1v) is 8.50. The molecule has 0 unspecified atom stereocenters. The smallest absolute Gasteiger partial charge is 0.259 e. The third-order valence-corrected chi connectivity index (χ3v) is 4.93. The summed E-state index contributed by atoms with van der Waals surface area (Å²) in [5.41, 5.74) is 3.83. The Morgan fingerprint density at radius 2 is 1.52 bits per heavy atom. The highest BCUT2D eigenvalue weighted by atomic mass is 16.6. The van der Waals surface area contributed by atoms with Crippen molar-refractivity contribution in [3.63, 3.8) is 0 Å². The number of amides is 2. The zero-order valence-corrected chi connectivity index (χ0v) is 14.4. The van der Waals surface area contributed by atoms with E-state index in [9.17, 15) is 9.59 Å². The summed E-state index contributed by atoms with van der Waals surface area (Å²) < 4.78 is 1.60. The van der Waals surface area contributed by atoms with Gasteiger partial charge in [0.2, 0.25) is 0 Å². The number of hydrogen-bond donors (Lipinski definition) is 2. The number of carbonyl (C=O) groups is 2. The van der Waals surface area contributed by atoms with Gasteiger partial charge in [0.15, 0.2) is 0 Å². The fourth-order valence-electron chi connectivity index (χ4n) is 3.75. The Morgan fingerprint density at radius 1 is 0.852 bits per heavy atom. The van der Waals surface area contributed by atoms with Gasteiger partial charge < -0.3 is 9.82 Å². The Bertz CT molecular complexity index is 1280. The van der Waals surface area contributed by atoms with Crippen molar-refractivity contribution in [2.75, 3.05) is 7.11 Å². The van der Waals surface area contributed by atoms with Crippen LogP contribution in [0.1, 0.15) is 11.1 Å². The van der Waals surface area contributed by atoms with Gasteiger partial charge in [0.1, 0.15) is 7.11 Å². The van der Waals surface area contributed by atoms with Crippen LogP contribution in [0.25, 0.3) is 33.0 Å². The molecule has 0 spiro atoms. The van der Waals surface area contributed by atoms with Crippen LogP contribution in [0, 0.1) is 0 Å². The van der Waals surface area contributed by atoms with Crippen LogP contribution in [-0.4, -0.2) is 28.6 Å². The van der Waals surface area contributed by atoms with E-state index in [1.165, 1.54) is 0 Å². The average Bonchev–Trinajstić information content (AvgIpc) is 3.34. The molecule has 0 fully saturated rings. The molecule has 0 saturated carbocycles. The van der Waals surface area contributed by atoms with E-state index in [2.05, 4.69) is 10.3 Å². The van der Waals surface area contributed by atoms with E-state index < -0.39 is 11.8 Å². The van der Waals surface area contributed by atoms with Gasteiger partial charge in [-0.25, -0.2) is 0 Å². The van der Waals surface area contributed by atoms with E-state index >= 15 is 0 Å². The summed E-state index contributed by atoms with van der Waals surface area (Å²) in [7, 11) is 1.56. The molecule has 0 atom stereocenters. The first-order chi connectivity index (χ1) is 13.2. The summed E-state index contributed by atoms with van der Waals surface area (Å²) >= 11 is 0. The summed E-state index contributed by atoms with van der Waals surface area (Å²) in [5.74, 6) is -0.798. The summed E-state index contributed by atoms with van der Waals surface area (Å²) in [6, 6.07) is 15.3. The quantitative estimate of drug-likeness (QED) is 0.554. The maximum Gasteiger partial charge on any atom is 0.259 e. The van der Waals surface area contributed by atoms with Crippen molar-refractivity contribution in [1.82, 2.24) is 15.0 Å². The van der Waals surface area contributed by atoms with Crippen molar-refractivity contribution >= 4 is 44.8 Å². The molecule has 1 aliphatic heterocycles. The number of fused-ring (bicyclic) bond motifs is 2. The van der Waals surface area contributed by atoms with Crippen molar-refractivity contribution in [1.29, 1.82) is 0 Å². The predicted octanol–water partition coefficient (Wildman–Crippen LogP) is 2.75. The molecule has 132 valence electrons. The fraction of sp³-hybridized carbons (Fsp3) is 0.0476. The lowest BCUT2D eigenvalue weighted by Crippen LogP contribution is -2.22. The predicted molar refractivity (Wildman–Crippen MR) is 103 cm³/mol. The molecule has 6 heteroatoms. The van der Waals surface area contributed by atoms with E-state index in [0.29, 0.717) is 22.3 Å². The highest BCUT2D eigenvalue weighted by Gasteiger charge is 2.35. The standard InChI is InChI=1S/C21H15N3O3/c1-27-24-11-15(13-7-3-5-9-17(13)24)19-18(20(25)23-21(19)26)14-10-22-16-8-4-2-6-12(14)16/h2-11,22H,1H3,(H,23,25,26). The van der Waals surface area contributed by atoms with E-state index in [-0.39, 0.29) is 0 Å². The van der Waals surface area contributed by atoms with Crippen molar-refractivity contribution in [2.24, 2.45) is 0 Å². The van der Waals surface area contributed by atoms with E-state index in [0.717, 1.165) is 21.8 Å². The fourth-order valence-corrected chi connectivity index (χ4v) is 3.75. The molecule has 2 N–H and O–H groups in total. The van der Waals surface area contributed by atoms with Crippen LogP contribution in [0.15, 0.2) is 60.9 Å². The van der Waals surface area contributed by atoms with Crippen LogP contribution >= 0.6 is 0 Å². The van der Waals surface area contributed by atoms with Gasteiger partial charge in [0.25, 0.3) is 11.8 Å². The second kappa shape index (κ2) is 5.60. The van der Waals surface area contributed by atoms with E-state index in [1.807, 2.05) is 48.5 Å². The van der Waals surface area contributed by atoms with Crippen LogP contribution in [-0.2, 0) is 9.59 Å². The molecule has 4 aromatic rings. The molecule has 0 radical (unpaired) electrons. The van der Waals surface area contributed by atoms with Crippen LogP contribution < -0.4 is 10.2 Å². The Morgan fingerprint density at radius 3 is 2.30 bits per heavy atom. The van der Waals surface area contributed by atoms with Crippen LogP contribution in [0.3, 0.4) is 0 Å². The molecular formula is C21H15N3O3. The number of nitrogens with zero attached hydrogens (tertiary/aromatic N) is 1. The second-order valence-corrected chi connectivity index (χ2v) is 6.35. The van der Waals surface area contributed by atoms with E-state index in [4.69, 9.17) is 4.84 Å². The van der Waals surface area contributed by atoms with Crippen LogP contribution in [0.2, 0.25) is 0 Å². The lowest BCUT2D eigenvalue weighted by atomic mass is 9.95. The summed E-state index contributed by atoms with van der Waals surface area (Å²) in [6.07, 6.45) is 3.51. The SMILES string of the molecule is COn1cc(C2=C(c3c[nH]c4ccccc34)C(=O)NC2=O)c2ccccc21. The first-order valence-electron chi connectivity index (χ1n) is 8.50. The molecule has 0 saturated heterocycles. The number of rotatable bonds is 3. The zero-order valence-electron chi connectivity index (χ0n) is 14.4. The van der Waals surface area contributed by atoms with Gasteiger partial charge in [-0.2, -0.15) is 4.73 Å². The van der Waals surface area contributed by atoms with Crippen molar-refractivity contribution in [2.45, 2.75) is 0 Å². The van der Waals surface area contributed by atoms with Gasteiger partial charge in [-0.15, -0.1) is 0 Å². The summed E-state index contributed by atoms with van der Waals surface area (Å²) in [5, 5.41) is 4.18. The number of hydrogen-bond acceptors (Lipinski definition) is 3. The van der Waals surface area contributed by atoms with Gasteiger partial charge in [-0.05, 0) is 12.1 Å². The molecule has 2 amide bonds. The zero-order chi connectivity index (χ0) is 18.5. The lowest BCUT2D eigenvalue weighted by Gasteiger charge is -2.02. The third-order valence-electron chi connectivity index (χ3n) is 4.93. The van der Waals surface area contributed by atoms with Crippen molar-refractivity contribution in [3.05, 3.63) is 72.1 Å². The number of H-pyrrole nitrogens is 1. The molecule has 5 rings (SSSR count). The average molecular weight is 357 g/mol. The number of carbonyl (C=O) groups excluding carboxylic acids is 2.